The number of hydrogen-bond donors (Lipinski definition) is 1. The fourth-order valence-electron chi connectivity index (χ4n) is 11.4. The first-order valence-corrected chi connectivity index (χ1v) is 28.2. The van der Waals surface area contributed by atoms with Gasteiger partial charge in [-0.15, -0.1) is 0 Å². The van der Waals surface area contributed by atoms with Crippen molar-refractivity contribution < 1.29 is 72.2 Å². The third kappa shape index (κ3) is 10.2. The number of Topliss-reactive ketones (excluding diaryl/α,β-unsaturated/α-hetero) is 1. The number of benzene rings is 2. The van der Waals surface area contributed by atoms with Crippen LogP contribution >= 0.6 is 0 Å². The molecule has 2 aromatic carbocycles. The van der Waals surface area contributed by atoms with E-state index in [1.165, 1.54) is 28.8 Å². The van der Waals surface area contributed by atoms with Crippen LogP contribution in [0.5, 0.6) is 0 Å². The number of hydrogen-bond acceptors (Lipinski definition) is 10. The Morgan fingerprint density at radius 3 is 2.53 bits per heavy atom. The number of methoxy groups -OCH3 is 1. The molecule has 9 rings (SSSR count). The number of nitrogens with zero attached hydrogens (tertiary/aromatic N) is 5. The zero-order valence-corrected chi connectivity index (χ0v) is 45.7. The number of hydrazine groups is 1. The predicted molar refractivity (Wildman–Crippen MR) is 266 cm³/mol. The fourth-order valence-corrected chi connectivity index (χ4v) is 15.8. The number of esters is 1. The van der Waals surface area contributed by atoms with E-state index in [9.17, 15) is 22.8 Å². The number of halogens is 5. The van der Waals surface area contributed by atoms with E-state index in [1.54, 1.807) is 41.4 Å². The Morgan fingerprint density at radius 2 is 1.82 bits per heavy atom. The van der Waals surface area contributed by atoms with Crippen LogP contribution in [0.15, 0.2) is 54.7 Å². The third-order valence-corrected chi connectivity index (χ3v) is 19.8. The number of alkyl halides is 5. The molecule has 398 valence electrons. The Labute approximate surface area is 440 Å². The molecule has 3 saturated heterocycles. The van der Waals surface area contributed by atoms with Crippen LogP contribution in [-0.4, -0.2) is 134 Å². The number of fused-ring (bicyclic) bond motifs is 8. The molecule has 1 N–H and O–H groups in total. The minimum atomic E-state index is -4.61. The van der Waals surface area contributed by atoms with Gasteiger partial charge in [0.05, 0.1) is 5.69 Å². The molecular formula is C56H66F4IN6O7-. The summed E-state index contributed by atoms with van der Waals surface area (Å²) in [6.45, 7) is 11.1. The van der Waals surface area contributed by atoms with Crippen LogP contribution < -0.4 is 26.6 Å². The first-order valence-electron chi connectivity index (χ1n) is 25.4. The van der Waals surface area contributed by atoms with Crippen molar-refractivity contribution >= 4 is 34.5 Å². The van der Waals surface area contributed by atoms with Crippen LogP contribution in [0.2, 0.25) is 0 Å². The normalized spacial score (nSPS) is 24.7. The third-order valence-electron chi connectivity index (χ3n) is 16.0. The molecule has 2 amide bonds. The number of cyclic esters (lactones) is 1. The summed E-state index contributed by atoms with van der Waals surface area (Å²) >= 11 is -0.908. The van der Waals surface area contributed by atoms with Gasteiger partial charge in [0.15, 0.2) is 0 Å². The molecule has 1 spiro atoms. The number of likely N-dealkylation sites (tertiary alicyclic amines) is 1. The number of aromatic nitrogens is 2. The summed E-state index contributed by atoms with van der Waals surface area (Å²) in [5.74, 6) is 2.46. The average Bonchev–Trinajstić information content (AvgIpc) is 3.90. The molecule has 6 atom stereocenters. The van der Waals surface area contributed by atoms with Crippen molar-refractivity contribution in [3.05, 3.63) is 77.4 Å². The fraction of sp³-hybridized carbons (Fsp3) is 0.554. The molecule has 13 nitrogen and oxygen atoms in total. The summed E-state index contributed by atoms with van der Waals surface area (Å²) < 4.78 is 80.6. The summed E-state index contributed by atoms with van der Waals surface area (Å²) in [6.07, 6.45) is -2.89. The predicted octanol–water partition coefficient (Wildman–Crippen LogP) is 4.74. The molecule has 1 aliphatic carbocycles. The summed E-state index contributed by atoms with van der Waals surface area (Å²) in [5, 5.41) is 1.97. The van der Waals surface area contributed by atoms with Gasteiger partial charge in [-0.05, 0) is 40.1 Å². The zero-order valence-electron chi connectivity index (χ0n) is 43.5. The van der Waals surface area contributed by atoms with Crippen molar-refractivity contribution in [1.29, 1.82) is 0 Å². The molecule has 4 aliphatic heterocycles. The number of carbonyl (C=O) groups is 4. The zero-order chi connectivity index (χ0) is 53.2. The van der Waals surface area contributed by atoms with Crippen molar-refractivity contribution in [2.45, 2.75) is 114 Å². The molecular weight excluding hydrogens is 1070 g/mol. The van der Waals surface area contributed by atoms with Crippen molar-refractivity contribution in [3.63, 3.8) is 0 Å². The summed E-state index contributed by atoms with van der Waals surface area (Å²) in [4.78, 5) is 66.3. The average molecular weight is 1140 g/mol. The molecule has 3 unspecified atom stereocenters. The quantitative estimate of drug-likeness (QED) is 0.0825. The van der Waals surface area contributed by atoms with Crippen LogP contribution in [0, 0.1) is 40.3 Å². The van der Waals surface area contributed by atoms with Crippen LogP contribution in [0.3, 0.4) is 0 Å². The summed E-state index contributed by atoms with van der Waals surface area (Å²) in [7, 11) is 5.33. The topological polar surface area (TPSA) is 136 Å². The number of ketones is 1. The van der Waals surface area contributed by atoms with E-state index in [0.717, 1.165) is 0 Å². The number of nitrogens with one attached hydrogen (secondary N) is 1. The van der Waals surface area contributed by atoms with Crippen molar-refractivity contribution in [2.24, 2.45) is 22.7 Å². The van der Waals surface area contributed by atoms with Crippen molar-refractivity contribution in [3.8, 4) is 34.2 Å². The number of rotatable bonds is 9. The van der Waals surface area contributed by atoms with Gasteiger partial charge >= 0.3 is 356 Å². The second kappa shape index (κ2) is 20.5. The first-order chi connectivity index (χ1) is 34.9. The minimum absolute atomic E-state index is 0.0201. The standard InChI is InChI=1S/C56H66F4IN6O7/c1-32(2)40(29-73-37-27-65(28-37)43(68)16-17-54(5,6)64(7)8)48(69)50-55(18-19-61-50)26-33-22-35(24-36(57)23-33)34-14-15-42-39(25-34)44-45(53(3,4)31-74-51(70)41-13-11-21-67(63-41)52(55)71)49(72-9)46-38(12-10-20-62-46)47(44)66(42)30-56(58,59)60/h10,12,14-15,20,22-25,32,37,40-41,45,49-50,63H,11,13,18-19,21,26-31H2,1-9H3/q-1/t40-,41-,45?,49-,50?,55?/m0/s1. The van der Waals surface area contributed by atoms with E-state index < -0.39 is 90.0 Å². The van der Waals surface area contributed by atoms with E-state index in [-0.39, 0.29) is 55.8 Å². The van der Waals surface area contributed by atoms with Crippen molar-refractivity contribution in [2.75, 3.05) is 58.5 Å². The van der Waals surface area contributed by atoms with E-state index in [2.05, 4.69) is 22.3 Å². The molecule has 6 heterocycles. The van der Waals surface area contributed by atoms with Gasteiger partial charge in [0.25, 0.3) is 0 Å². The van der Waals surface area contributed by atoms with E-state index in [4.69, 9.17) is 14.2 Å². The molecule has 3 fully saturated rings. The Balaban J connectivity index is 1.11. The van der Waals surface area contributed by atoms with Gasteiger partial charge < -0.3 is 4.74 Å². The van der Waals surface area contributed by atoms with Crippen molar-refractivity contribution in [1.82, 2.24) is 29.8 Å². The van der Waals surface area contributed by atoms with Gasteiger partial charge in [-0.2, -0.15) is 13.2 Å². The molecule has 0 radical (unpaired) electrons. The van der Waals surface area contributed by atoms with Gasteiger partial charge in [0.1, 0.15) is 0 Å². The van der Waals surface area contributed by atoms with Gasteiger partial charge in [0.2, 0.25) is 0 Å². The van der Waals surface area contributed by atoms with Crippen LogP contribution in [0.25, 0.3) is 33.3 Å². The van der Waals surface area contributed by atoms with Gasteiger partial charge in [0, 0.05) is 13.3 Å². The molecule has 0 saturated carbocycles. The second-order valence-corrected chi connectivity index (χ2v) is 25.6. The Bertz CT molecular complexity index is 2920. The Hall–Kier alpha value is -4.94. The van der Waals surface area contributed by atoms with Crippen LogP contribution in [0.1, 0.15) is 89.6 Å². The number of carbonyl (C=O) groups excluding carboxylic acids is 4. The summed E-state index contributed by atoms with van der Waals surface area (Å²) in [5.41, 5.74) is 4.03. The second-order valence-electron chi connectivity index (χ2n) is 22.4. The number of ether oxygens (including phenoxy) is 3. The first kappa shape index (κ1) is 53.9. The maximum absolute atomic E-state index is 16.4. The Kier molecular flexibility index (Phi) is 15.0. The monoisotopic (exact) mass is 1140 g/mol. The SMILES string of the molecule is CO[C@@H]1c2ncccc2-c2c3c4cc(ccc4n2CC(F)(F)F)-c2cc(F)cc(c2)CC2(CC[I-]C2C(=O)[C@@H](COC2CN(C(=O)C#CC(C)(C)N(C)C)C2)C(C)C)C(=O)N2CCC[C@H](N2)C(=O)OCC(C)(C)C31. The van der Waals surface area contributed by atoms with E-state index in [0.29, 0.717) is 86.9 Å². The molecule has 18 heteroatoms. The molecule has 6 bridgehead atoms. The molecule has 74 heavy (non-hydrogen) atoms. The molecule has 2 aromatic heterocycles. The summed E-state index contributed by atoms with van der Waals surface area (Å²) in [6, 6.07) is 12.2. The number of amides is 2. The molecule has 5 aliphatic rings. The van der Waals surface area contributed by atoms with Crippen LogP contribution in [-0.2, 0) is 46.4 Å². The number of pyridine rings is 1. The van der Waals surface area contributed by atoms with Gasteiger partial charge in [-0.25, -0.2) is 0 Å². The Morgan fingerprint density at radius 1 is 1.07 bits per heavy atom. The van der Waals surface area contributed by atoms with E-state index >= 15 is 14.0 Å². The molecule has 4 aromatic rings. The maximum atomic E-state index is 16.4. The van der Waals surface area contributed by atoms with Gasteiger partial charge in [-0.1, -0.05) is 0 Å². The van der Waals surface area contributed by atoms with Gasteiger partial charge in [-0.3, -0.25) is 9.88 Å². The van der Waals surface area contributed by atoms with E-state index in [1.807, 2.05) is 66.6 Å². The van der Waals surface area contributed by atoms with Crippen LogP contribution in [0.4, 0.5) is 17.6 Å².